The van der Waals surface area contributed by atoms with Gasteiger partial charge in [-0.05, 0) is 19.3 Å². The third-order valence-corrected chi connectivity index (χ3v) is 5.75. The summed E-state index contributed by atoms with van der Waals surface area (Å²) >= 11 is 0. The number of nitrogens with zero attached hydrogens (tertiary/aromatic N) is 1. The van der Waals surface area contributed by atoms with Crippen molar-refractivity contribution < 1.29 is 8.42 Å². The van der Waals surface area contributed by atoms with Crippen LogP contribution in [0.2, 0.25) is 0 Å². The lowest BCUT2D eigenvalue weighted by molar-refractivity contribution is 0.162. The third kappa shape index (κ3) is 2.41. The minimum Gasteiger partial charge on any atom is -0.311 e. The van der Waals surface area contributed by atoms with E-state index in [1.54, 1.807) is 4.31 Å². The fourth-order valence-corrected chi connectivity index (χ4v) is 4.73. The van der Waals surface area contributed by atoms with Gasteiger partial charge in [-0.15, -0.1) is 0 Å². The van der Waals surface area contributed by atoms with E-state index in [1.807, 2.05) is 6.92 Å². The molecule has 1 saturated carbocycles. The maximum absolute atomic E-state index is 12.1. The molecule has 1 aliphatic carbocycles. The standard InChI is InChI=1S/C11H22N2O2S/c1-2-9-16(14,15)13-8-7-12-10-5-3-4-6-11(10)13/h10-12H,2-9H2,1H3. The van der Waals surface area contributed by atoms with Crippen LogP contribution in [0, 0.1) is 0 Å². The molecule has 94 valence electrons. The molecule has 0 aromatic heterocycles. The van der Waals surface area contributed by atoms with Gasteiger partial charge in [0.2, 0.25) is 10.0 Å². The SMILES string of the molecule is CCCS(=O)(=O)N1CCNC2CCCCC21. The highest BCUT2D eigenvalue weighted by Gasteiger charge is 2.38. The normalized spacial score (nSPS) is 32.3. The summed E-state index contributed by atoms with van der Waals surface area (Å²) in [7, 11) is -3.01. The zero-order valence-electron chi connectivity index (χ0n) is 9.98. The van der Waals surface area contributed by atoms with Crippen LogP contribution in [0.15, 0.2) is 0 Å². The summed E-state index contributed by atoms with van der Waals surface area (Å²) in [6.07, 6.45) is 5.27. The van der Waals surface area contributed by atoms with Crippen LogP contribution in [0.1, 0.15) is 39.0 Å². The first-order chi connectivity index (χ1) is 7.65. The number of fused-ring (bicyclic) bond motifs is 1. The Morgan fingerprint density at radius 3 is 2.81 bits per heavy atom. The first kappa shape index (κ1) is 12.3. The summed E-state index contributed by atoms with van der Waals surface area (Å²) in [5.41, 5.74) is 0. The molecule has 4 nitrogen and oxygen atoms in total. The predicted molar refractivity (Wildman–Crippen MR) is 64.8 cm³/mol. The molecule has 2 rings (SSSR count). The lowest BCUT2D eigenvalue weighted by Gasteiger charge is -2.43. The smallest absolute Gasteiger partial charge is 0.214 e. The Hall–Kier alpha value is -0.130. The van der Waals surface area contributed by atoms with Gasteiger partial charge in [0.25, 0.3) is 0 Å². The van der Waals surface area contributed by atoms with Crippen LogP contribution in [0.4, 0.5) is 0 Å². The van der Waals surface area contributed by atoms with E-state index in [0.29, 0.717) is 24.8 Å². The number of sulfonamides is 1. The maximum Gasteiger partial charge on any atom is 0.214 e. The fourth-order valence-electron chi connectivity index (χ4n) is 2.94. The molecular weight excluding hydrogens is 224 g/mol. The van der Waals surface area contributed by atoms with E-state index < -0.39 is 10.0 Å². The van der Waals surface area contributed by atoms with Gasteiger partial charge >= 0.3 is 0 Å². The minimum atomic E-state index is -3.01. The molecule has 0 amide bonds. The van der Waals surface area contributed by atoms with Gasteiger partial charge in [0, 0.05) is 25.2 Å². The Labute approximate surface area is 98.4 Å². The number of hydrogen-bond acceptors (Lipinski definition) is 3. The number of piperazine rings is 1. The molecule has 1 aliphatic heterocycles. The van der Waals surface area contributed by atoms with Crippen molar-refractivity contribution in [3.05, 3.63) is 0 Å². The highest BCUT2D eigenvalue weighted by molar-refractivity contribution is 7.89. The van der Waals surface area contributed by atoms with E-state index >= 15 is 0 Å². The summed E-state index contributed by atoms with van der Waals surface area (Å²) in [5.74, 6) is 0.302. The van der Waals surface area contributed by atoms with Crippen LogP contribution in [-0.4, -0.2) is 43.6 Å². The molecule has 5 heteroatoms. The number of hydrogen-bond donors (Lipinski definition) is 1. The van der Waals surface area contributed by atoms with E-state index in [1.165, 1.54) is 12.8 Å². The Balaban J connectivity index is 2.13. The predicted octanol–water partition coefficient (Wildman–Crippen LogP) is 0.943. The second-order valence-corrected chi connectivity index (χ2v) is 6.88. The lowest BCUT2D eigenvalue weighted by atomic mass is 9.89. The van der Waals surface area contributed by atoms with Crippen molar-refractivity contribution in [1.29, 1.82) is 0 Å². The zero-order chi connectivity index (χ0) is 11.6. The molecule has 1 N–H and O–H groups in total. The molecule has 0 radical (unpaired) electrons. The molecule has 2 aliphatic rings. The van der Waals surface area contributed by atoms with Gasteiger partial charge in [0.15, 0.2) is 0 Å². The van der Waals surface area contributed by atoms with Crippen molar-refractivity contribution in [3.63, 3.8) is 0 Å². The van der Waals surface area contributed by atoms with Crippen LogP contribution in [0.25, 0.3) is 0 Å². The highest BCUT2D eigenvalue weighted by atomic mass is 32.2. The molecule has 1 heterocycles. The fraction of sp³-hybridized carbons (Fsp3) is 1.00. The first-order valence-corrected chi connectivity index (χ1v) is 7.99. The second kappa shape index (κ2) is 5.02. The molecule has 1 saturated heterocycles. The summed E-state index contributed by atoms with van der Waals surface area (Å²) in [5, 5.41) is 3.46. The molecule has 0 aromatic rings. The van der Waals surface area contributed by atoms with Crippen LogP contribution in [0.3, 0.4) is 0 Å². The number of rotatable bonds is 3. The third-order valence-electron chi connectivity index (χ3n) is 3.66. The topological polar surface area (TPSA) is 49.4 Å². The van der Waals surface area contributed by atoms with Crippen LogP contribution < -0.4 is 5.32 Å². The van der Waals surface area contributed by atoms with E-state index in [2.05, 4.69) is 5.32 Å². The largest absolute Gasteiger partial charge is 0.311 e. The summed E-state index contributed by atoms with van der Waals surface area (Å²) in [4.78, 5) is 0. The van der Waals surface area contributed by atoms with E-state index in [0.717, 1.165) is 19.4 Å². The second-order valence-electron chi connectivity index (χ2n) is 4.84. The molecule has 2 atom stereocenters. The molecule has 2 fully saturated rings. The van der Waals surface area contributed by atoms with Gasteiger partial charge < -0.3 is 5.32 Å². The van der Waals surface area contributed by atoms with Gasteiger partial charge in [0.05, 0.1) is 5.75 Å². The Morgan fingerprint density at radius 2 is 2.06 bits per heavy atom. The molecular formula is C11H22N2O2S. The summed E-state index contributed by atoms with van der Waals surface area (Å²) in [6.45, 7) is 3.39. The monoisotopic (exact) mass is 246 g/mol. The van der Waals surface area contributed by atoms with Crippen LogP contribution >= 0.6 is 0 Å². The first-order valence-electron chi connectivity index (χ1n) is 6.38. The molecule has 0 bridgehead atoms. The van der Waals surface area contributed by atoms with E-state index in [-0.39, 0.29) is 6.04 Å². The van der Waals surface area contributed by atoms with Crippen molar-refractivity contribution in [2.45, 2.75) is 51.1 Å². The van der Waals surface area contributed by atoms with Crippen molar-refractivity contribution in [2.75, 3.05) is 18.8 Å². The van der Waals surface area contributed by atoms with Crippen LogP contribution in [0.5, 0.6) is 0 Å². The molecule has 2 unspecified atom stereocenters. The van der Waals surface area contributed by atoms with Crippen molar-refractivity contribution >= 4 is 10.0 Å². The summed E-state index contributed by atoms with van der Waals surface area (Å²) in [6, 6.07) is 0.619. The van der Waals surface area contributed by atoms with E-state index in [9.17, 15) is 8.42 Å². The maximum atomic E-state index is 12.1. The number of nitrogens with one attached hydrogen (secondary N) is 1. The summed E-state index contributed by atoms with van der Waals surface area (Å²) < 4.78 is 26.1. The molecule has 0 aromatic carbocycles. The van der Waals surface area contributed by atoms with Crippen molar-refractivity contribution in [3.8, 4) is 0 Å². The highest BCUT2D eigenvalue weighted by Crippen LogP contribution is 2.27. The van der Waals surface area contributed by atoms with Gasteiger partial charge in [-0.2, -0.15) is 4.31 Å². The average molecular weight is 246 g/mol. The lowest BCUT2D eigenvalue weighted by Crippen LogP contribution is -2.60. The quantitative estimate of drug-likeness (QED) is 0.806. The Bertz CT molecular complexity index is 327. The van der Waals surface area contributed by atoms with Gasteiger partial charge in [0.1, 0.15) is 0 Å². The van der Waals surface area contributed by atoms with Gasteiger partial charge in [-0.25, -0.2) is 8.42 Å². The Kier molecular flexibility index (Phi) is 3.87. The van der Waals surface area contributed by atoms with Gasteiger partial charge in [-0.1, -0.05) is 19.8 Å². The van der Waals surface area contributed by atoms with Crippen LogP contribution in [-0.2, 0) is 10.0 Å². The minimum absolute atomic E-state index is 0.221. The molecule has 16 heavy (non-hydrogen) atoms. The zero-order valence-corrected chi connectivity index (χ0v) is 10.8. The Morgan fingerprint density at radius 1 is 1.31 bits per heavy atom. The van der Waals surface area contributed by atoms with Crippen molar-refractivity contribution in [2.24, 2.45) is 0 Å². The van der Waals surface area contributed by atoms with Gasteiger partial charge in [-0.3, -0.25) is 0 Å². The molecule has 0 spiro atoms. The average Bonchev–Trinajstić information content (AvgIpc) is 2.28. The van der Waals surface area contributed by atoms with E-state index in [4.69, 9.17) is 0 Å². The van der Waals surface area contributed by atoms with Crippen molar-refractivity contribution in [1.82, 2.24) is 9.62 Å².